The molecule has 0 saturated carbocycles. The second-order valence-electron chi connectivity index (χ2n) is 8.24. The van der Waals surface area contributed by atoms with Gasteiger partial charge in [0.15, 0.2) is 0 Å². The fourth-order valence-electron chi connectivity index (χ4n) is 3.73. The van der Waals surface area contributed by atoms with E-state index in [1.807, 2.05) is 37.4 Å². The number of ether oxygens (including phenoxy) is 1. The molecule has 27 heavy (non-hydrogen) atoms. The minimum Gasteiger partial charge on any atom is -0.444 e. The number of anilines is 2. The number of halogens is 1. The van der Waals surface area contributed by atoms with E-state index < -0.39 is 5.60 Å². The second kappa shape index (κ2) is 5.87. The van der Waals surface area contributed by atoms with Gasteiger partial charge >= 0.3 is 6.09 Å². The molecule has 7 nitrogen and oxygen atoms in total. The third kappa shape index (κ3) is 2.98. The van der Waals surface area contributed by atoms with Crippen molar-refractivity contribution in [2.75, 3.05) is 30.8 Å². The van der Waals surface area contributed by atoms with Crippen molar-refractivity contribution in [1.29, 1.82) is 0 Å². The number of carbonyl (C=O) groups is 1. The summed E-state index contributed by atoms with van der Waals surface area (Å²) in [6.07, 6.45) is 1.45. The standard InChI is InChI=1S/C19H24FN5O2/c1-19(2,3)27-18(26)24-8-12(9-24)25-16-10-23(4)17-13(14(16)7-22-25)5-11(20)6-15(17)21/h5-7,12H,8-10,21H2,1-4H3. The predicted octanol–water partition coefficient (Wildman–Crippen LogP) is 3.01. The highest BCUT2D eigenvalue weighted by Gasteiger charge is 2.38. The van der Waals surface area contributed by atoms with Gasteiger partial charge in [0.25, 0.3) is 0 Å². The Labute approximate surface area is 157 Å². The third-order valence-corrected chi connectivity index (χ3v) is 4.92. The molecule has 1 fully saturated rings. The minimum absolute atomic E-state index is 0.0853. The number of hydrogen-bond acceptors (Lipinski definition) is 5. The topological polar surface area (TPSA) is 76.6 Å². The lowest BCUT2D eigenvalue weighted by Gasteiger charge is -2.41. The molecular weight excluding hydrogens is 349 g/mol. The van der Waals surface area contributed by atoms with E-state index in [2.05, 4.69) is 5.10 Å². The van der Waals surface area contributed by atoms with Crippen LogP contribution >= 0.6 is 0 Å². The number of nitrogen functional groups attached to an aromatic ring is 1. The van der Waals surface area contributed by atoms with Gasteiger partial charge in [-0.1, -0.05) is 0 Å². The maximum Gasteiger partial charge on any atom is 0.410 e. The predicted molar refractivity (Wildman–Crippen MR) is 101 cm³/mol. The molecule has 1 saturated heterocycles. The molecule has 2 aliphatic rings. The SMILES string of the molecule is CN1Cc2c(cnn2C2CN(C(=O)OC(C)(C)C)C2)-c2cc(F)cc(N)c21. The van der Waals surface area contributed by atoms with Crippen LogP contribution in [0, 0.1) is 5.82 Å². The lowest BCUT2D eigenvalue weighted by molar-refractivity contribution is -0.000754. The number of nitrogens with zero attached hydrogens (tertiary/aromatic N) is 4. The summed E-state index contributed by atoms with van der Waals surface area (Å²) in [5.74, 6) is -0.361. The van der Waals surface area contributed by atoms with E-state index in [1.165, 1.54) is 12.1 Å². The van der Waals surface area contributed by atoms with E-state index in [4.69, 9.17) is 10.5 Å². The van der Waals surface area contributed by atoms with Crippen molar-refractivity contribution in [3.63, 3.8) is 0 Å². The molecule has 1 aromatic carbocycles. The molecule has 2 aliphatic heterocycles. The molecule has 0 spiro atoms. The Morgan fingerprint density at radius 1 is 1.30 bits per heavy atom. The van der Waals surface area contributed by atoms with Crippen LogP contribution in [-0.4, -0.2) is 46.5 Å². The van der Waals surface area contributed by atoms with E-state index >= 15 is 0 Å². The molecular formula is C19H24FN5O2. The van der Waals surface area contributed by atoms with E-state index in [0.29, 0.717) is 25.3 Å². The van der Waals surface area contributed by atoms with Crippen LogP contribution in [0.4, 0.5) is 20.6 Å². The molecule has 0 bridgehead atoms. The Hall–Kier alpha value is -2.77. The molecule has 0 unspecified atom stereocenters. The maximum atomic E-state index is 13.9. The first-order valence-corrected chi connectivity index (χ1v) is 8.99. The number of likely N-dealkylation sites (tertiary alicyclic amines) is 1. The van der Waals surface area contributed by atoms with Crippen LogP contribution in [0.1, 0.15) is 32.5 Å². The van der Waals surface area contributed by atoms with Crippen molar-refractivity contribution in [2.45, 2.75) is 39.0 Å². The van der Waals surface area contributed by atoms with Crippen molar-refractivity contribution in [1.82, 2.24) is 14.7 Å². The molecule has 0 atom stereocenters. The molecule has 3 heterocycles. The quantitative estimate of drug-likeness (QED) is 0.778. The van der Waals surface area contributed by atoms with Crippen molar-refractivity contribution in [3.8, 4) is 11.1 Å². The smallest absolute Gasteiger partial charge is 0.410 e. The summed E-state index contributed by atoms with van der Waals surface area (Å²) in [5, 5.41) is 4.53. The Morgan fingerprint density at radius 2 is 2.00 bits per heavy atom. The monoisotopic (exact) mass is 373 g/mol. The van der Waals surface area contributed by atoms with E-state index in [0.717, 1.165) is 22.5 Å². The fourth-order valence-corrected chi connectivity index (χ4v) is 3.73. The van der Waals surface area contributed by atoms with Gasteiger partial charge < -0.3 is 20.3 Å². The van der Waals surface area contributed by atoms with E-state index in [1.54, 1.807) is 11.1 Å². The average Bonchev–Trinajstić information content (AvgIpc) is 2.87. The molecule has 1 aromatic heterocycles. The van der Waals surface area contributed by atoms with Crippen LogP contribution in [0.2, 0.25) is 0 Å². The molecule has 2 N–H and O–H groups in total. The van der Waals surface area contributed by atoms with Gasteiger partial charge in [-0.15, -0.1) is 0 Å². The Morgan fingerprint density at radius 3 is 2.67 bits per heavy atom. The Bertz CT molecular complexity index is 912. The van der Waals surface area contributed by atoms with Crippen LogP contribution in [0.3, 0.4) is 0 Å². The lowest BCUT2D eigenvalue weighted by Crippen LogP contribution is -2.52. The van der Waals surface area contributed by atoms with E-state index in [9.17, 15) is 9.18 Å². The second-order valence-corrected chi connectivity index (χ2v) is 8.24. The van der Waals surface area contributed by atoms with Gasteiger partial charge in [-0.05, 0) is 32.9 Å². The zero-order valence-electron chi connectivity index (χ0n) is 16.0. The van der Waals surface area contributed by atoms with Gasteiger partial charge in [-0.25, -0.2) is 9.18 Å². The molecule has 4 rings (SSSR count). The van der Waals surface area contributed by atoms with Crippen LogP contribution in [0.25, 0.3) is 11.1 Å². The first kappa shape index (κ1) is 17.6. The normalized spacial score (nSPS) is 16.6. The van der Waals surface area contributed by atoms with Crippen molar-refractivity contribution < 1.29 is 13.9 Å². The highest BCUT2D eigenvalue weighted by molar-refractivity contribution is 5.89. The number of hydrogen-bond donors (Lipinski definition) is 1. The van der Waals surface area contributed by atoms with Crippen LogP contribution in [-0.2, 0) is 11.3 Å². The number of carbonyl (C=O) groups excluding carboxylic acids is 1. The summed E-state index contributed by atoms with van der Waals surface area (Å²) in [6.45, 7) is 7.27. The molecule has 0 aliphatic carbocycles. The maximum absolute atomic E-state index is 13.9. The van der Waals surface area contributed by atoms with Crippen molar-refractivity contribution in [3.05, 3.63) is 29.8 Å². The number of amides is 1. The minimum atomic E-state index is -0.510. The number of nitrogens with two attached hydrogens (primary N) is 1. The zero-order valence-corrected chi connectivity index (χ0v) is 16.0. The van der Waals surface area contributed by atoms with Crippen molar-refractivity contribution in [2.24, 2.45) is 0 Å². The molecule has 144 valence electrons. The van der Waals surface area contributed by atoms with Crippen LogP contribution in [0.5, 0.6) is 0 Å². The Kier molecular flexibility index (Phi) is 3.83. The first-order valence-electron chi connectivity index (χ1n) is 8.99. The van der Waals surface area contributed by atoms with Crippen LogP contribution in [0.15, 0.2) is 18.3 Å². The van der Waals surface area contributed by atoms with Gasteiger partial charge in [0, 0.05) is 31.3 Å². The lowest BCUT2D eigenvalue weighted by atomic mass is 9.97. The molecule has 8 heteroatoms. The van der Waals surface area contributed by atoms with Gasteiger partial charge in [0.1, 0.15) is 11.4 Å². The van der Waals surface area contributed by atoms with Gasteiger partial charge in [0.2, 0.25) is 0 Å². The summed E-state index contributed by atoms with van der Waals surface area (Å²) in [4.78, 5) is 15.8. The number of benzene rings is 1. The largest absolute Gasteiger partial charge is 0.444 e. The first-order chi connectivity index (χ1) is 12.6. The fraction of sp³-hybridized carbons (Fsp3) is 0.474. The summed E-state index contributed by atoms with van der Waals surface area (Å²) < 4.78 is 21.3. The number of aromatic nitrogens is 2. The average molecular weight is 373 g/mol. The number of rotatable bonds is 1. The highest BCUT2D eigenvalue weighted by atomic mass is 19.1. The molecule has 2 aromatic rings. The zero-order chi connectivity index (χ0) is 19.5. The Balaban J connectivity index is 1.58. The molecule has 0 radical (unpaired) electrons. The van der Waals surface area contributed by atoms with Crippen molar-refractivity contribution >= 4 is 17.5 Å². The van der Waals surface area contributed by atoms with E-state index in [-0.39, 0.29) is 18.0 Å². The molecule has 1 amide bonds. The third-order valence-electron chi connectivity index (χ3n) is 4.92. The summed E-state index contributed by atoms with van der Waals surface area (Å²) in [5.41, 5.74) is 9.42. The van der Waals surface area contributed by atoms with Gasteiger partial charge in [-0.2, -0.15) is 5.10 Å². The summed E-state index contributed by atoms with van der Waals surface area (Å²) in [7, 11) is 1.93. The summed E-state index contributed by atoms with van der Waals surface area (Å²) in [6, 6.07) is 2.93. The van der Waals surface area contributed by atoms with Crippen LogP contribution < -0.4 is 10.6 Å². The van der Waals surface area contributed by atoms with Gasteiger partial charge in [0.05, 0.1) is 35.9 Å². The number of fused-ring (bicyclic) bond motifs is 3. The highest BCUT2D eigenvalue weighted by Crippen LogP contribution is 2.43. The summed E-state index contributed by atoms with van der Waals surface area (Å²) >= 11 is 0. The van der Waals surface area contributed by atoms with Gasteiger partial charge in [-0.3, -0.25) is 4.68 Å².